The summed E-state index contributed by atoms with van der Waals surface area (Å²) in [5.74, 6) is -2.33. The number of imide groups is 1. The monoisotopic (exact) mass is 416 g/mol. The zero-order chi connectivity index (χ0) is 21.5. The van der Waals surface area contributed by atoms with Crippen molar-refractivity contribution in [3.63, 3.8) is 0 Å². The highest BCUT2D eigenvalue weighted by Gasteiger charge is 2.44. The highest BCUT2D eigenvalue weighted by Crippen LogP contribution is 2.39. The van der Waals surface area contributed by atoms with E-state index < -0.39 is 23.4 Å². The third-order valence-electron chi connectivity index (χ3n) is 5.67. The van der Waals surface area contributed by atoms with E-state index in [1.165, 1.54) is 42.5 Å². The predicted molar refractivity (Wildman–Crippen MR) is 114 cm³/mol. The summed E-state index contributed by atoms with van der Waals surface area (Å²) in [7, 11) is 0. The number of aryl methyl sites for hydroxylation is 1. The second kappa shape index (κ2) is 7.47. The lowest BCUT2D eigenvalue weighted by atomic mass is 9.98. The van der Waals surface area contributed by atoms with Crippen molar-refractivity contribution in [2.24, 2.45) is 0 Å². The first-order valence-corrected chi connectivity index (χ1v) is 10.1. The molecule has 0 radical (unpaired) electrons. The number of carbonyl (C=O) groups excluding carboxylic acids is 2. The molecule has 154 valence electrons. The molecule has 0 atom stereocenters. The smallest absolute Gasteiger partial charge is 0.282 e. The standard InChI is InChI=1S/C25H18F2N2O2/c26-18-13-11-17(12-14-18)22-23(28-15-5-7-16-6-1-3-9-20(16)28)25(31)29(24(22)30)21-10-4-2-8-19(21)27/h1-4,6,8-14H,5,7,15H2. The van der Waals surface area contributed by atoms with Gasteiger partial charge < -0.3 is 4.90 Å². The van der Waals surface area contributed by atoms with Gasteiger partial charge in [-0.1, -0.05) is 42.5 Å². The first-order valence-electron chi connectivity index (χ1n) is 10.1. The summed E-state index contributed by atoms with van der Waals surface area (Å²) in [5.41, 5.74) is 2.57. The molecule has 0 saturated heterocycles. The molecule has 0 bridgehead atoms. The number of para-hydroxylation sites is 2. The number of hydrogen-bond donors (Lipinski definition) is 0. The summed E-state index contributed by atoms with van der Waals surface area (Å²) in [5, 5.41) is 0. The van der Waals surface area contributed by atoms with Gasteiger partial charge in [-0.2, -0.15) is 0 Å². The van der Waals surface area contributed by atoms with Gasteiger partial charge in [0.25, 0.3) is 11.8 Å². The molecule has 3 aromatic carbocycles. The van der Waals surface area contributed by atoms with E-state index in [4.69, 9.17) is 0 Å². The summed E-state index contributed by atoms with van der Waals surface area (Å²) in [4.78, 5) is 29.8. The van der Waals surface area contributed by atoms with Gasteiger partial charge in [0.15, 0.2) is 0 Å². The van der Waals surface area contributed by atoms with Crippen LogP contribution in [0.4, 0.5) is 20.2 Å². The van der Waals surface area contributed by atoms with Gasteiger partial charge in [-0.25, -0.2) is 13.7 Å². The number of nitrogens with zero attached hydrogens (tertiary/aromatic N) is 2. The lowest BCUT2D eigenvalue weighted by Crippen LogP contribution is -2.37. The van der Waals surface area contributed by atoms with Crippen LogP contribution in [0.1, 0.15) is 17.5 Å². The number of rotatable bonds is 3. The van der Waals surface area contributed by atoms with Gasteiger partial charge in [0.1, 0.15) is 17.3 Å². The fourth-order valence-corrected chi connectivity index (χ4v) is 4.26. The molecule has 0 fully saturated rings. The molecule has 2 aliphatic heterocycles. The molecule has 0 spiro atoms. The van der Waals surface area contributed by atoms with Crippen molar-refractivity contribution in [3.8, 4) is 0 Å². The largest absolute Gasteiger partial charge is 0.336 e. The van der Waals surface area contributed by atoms with Crippen LogP contribution >= 0.6 is 0 Å². The fraction of sp³-hybridized carbons (Fsp3) is 0.120. The van der Waals surface area contributed by atoms with E-state index in [1.54, 1.807) is 6.07 Å². The zero-order valence-electron chi connectivity index (χ0n) is 16.5. The maximum atomic E-state index is 14.6. The molecule has 31 heavy (non-hydrogen) atoms. The van der Waals surface area contributed by atoms with Crippen molar-refractivity contribution in [2.75, 3.05) is 16.3 Å². The van der Waals surface area contributed by atoms with Gasteiger partial charge in [0.2, 0.25) is 0 Å². The van der Waals surface area contributed by atoms with Crippen molar-refractivity contribution in [1.29, 1.82) is 0 Å². The molecule has 0 unspecified atom stereocenters. The number of anilines is 2. The average molecular weight is 416 g/mol. The second-order valence-electron chi connectivity index (χ2n) is 7.51. The zero-order valence-corrected chi connectivity index (χ0v) is 16.5. The molecule has 6 heteroatoms. The van der Waals surface area contributed by atoms with Crippen LogP contribution in [0.15, 0.2) is 78.5 Å². The third kappa shape index (κ3) is 3.11. The number of benzene rings is 3. The molecule has 0 aliphatic carbocycles. The van der Waals surface area contributed by atoms with E-state index in [0.29, 0.717) is 12.1 Å². The molecule has 5 rings (SSSR count). The van der Waals surface area contributed by atoms with E-state index in [1.807, 2.05) is 29.2 Å². The Labute approximate surface area is 178 Å². The van der Waals surface area contributed by atoms with Crippen molar-refractivity contribution in [2.45, 2.75) is 12.8 Å². The Hall–Kier alpha value is -3.80. The molecule has 0 N–H and O–H groups in total. The van der Waals surface area contributed by atoms with Crippen LogP contribution in [0, 0.1) is 11.6 Å². The Kier molecular flexibility index (Phi) is 4.62. The third-order valence-corrected chi connectivity index (χ3v) is 5.67. The number of halogens is 2. The molecule has 0 aromatic heterocycles. The van der Waals surface area contributed by atoms with Gasteiger partial charge in [-0.05, 0) is 54.3 Å². The number of hydrogen-bond acceptors (Lipinski definition) is 3. The lowest BCUT2D eigenvalue weighted by Gasteiger charge is -2.32. The molecule has 4 nitrogen and oxygen atoms in total. The minimum absolute atomic E-state index is 0.0996. The fourth-order valence-electron chi connectivity index (χ4n) is 4.26. The minimum Gasteiger partial charge on any atom is -0.336 e. The van der Waals surface area contributed by atoms with Gasteiger partial charge in [0, 0.05) is 12.2 Å². The van der Waals surface area contributed by atoms with Gasteiger partial charge >= 0.3 is 0 Å². The first-order chi connectivity index (χ1) is 15.1. The normalized spacial score (nSPS) is 16.2. The van der Waals surface area contributed by atoms with Crippen molar-refractivity contribution in [1.82, 2.24) is 0 Å². The number of fused-ring (bicyclic) bond motifs is 1. The highest BCUT2D eigenvalue weighted by molar-refractivity contribution is 6.46. The Balaban J connectivity index is 1.72. The Bertz CT molecular complexity index is 1230. The SMILES string of the molecule is O=C1C(c2ccc(F)cc2)=C(N2CCCc3ccccc32)C(=O)N1c1ccccc1F. The van der Waals surface area contributed by atoms with Crippen molar-refractivity contribution in [3.05, 3.63) is 101 Å². The maximum Gasteiger partial charge on any atom is 0.282 e. The summed E-state index contributed by atoms with van der Waals surface area (Å²) < 4.78 is 28.1. The summed E-state index contributed by atoms with van der Waals surface area (Å²) in [6, 6.07) is 18.8. The minimum atomic E-state index is -0.664. The average Bonchev–Trinajstić information content (AvgIpc) is 3.04. The maximum absolute atomic E-state index is 14.6. The van der Waals surface area contributed by atoms with Gasteiger partial charge in [-0.3, -0.25) is 9.59 Å². The van der Waals surface area contributed by atoms with Crippen LogP contribution in [-0.2, 0) is 16.0 Å². The van der Waals surface area contributed by atoms with Crippen LogP contribution < -0.4 is 9.80 Å². The van der Waals surface area contributed by atoms with E-state index >= 15 is 0 Å². The van der Waals surface area contributed by atoms with Crippen LogP contribution in [0.5, 0.6) is 0 Å². The van der Waals surface area contributed by atoms with E-state index in [0.717, 1.165) is 29.0 Å². The highest BCUT2D eigenvalue weighted by atomic mass is 19.1. The quantitative estimate of drug-likeness (QED) is 0.581. The van der Waals surface area contributed by atoms with Crippen molar-refractivity contribution < 1.29 is 18.4 Å². The van der Waals surface area contributed by atoms with Crippen LogP contribution in [-0.4, -0.2) is 18.4 Å². The van der Waals surface area contributed by atoms with Crippen molar-refractivity contribution >= 4 is 28.8 Å². The number of amides is 2. The second-order valence-corrected chi connectivity index (χ2v) is 7.51. The summed E-state index contributed by atoms with van der Waals surface area (Å²) in [6.07, 6.45) is 1.67. The molecule has 3 aromatic rings. The molecule has 2 amide bonds. The Morgan fingerprint density at radius 2 is 1.42 bits per heavy atom. The molecular weight excluding hydrogens is 398 g/mol. The van der Waals surface area contributed by atoms with Gasteiger partial charge in [-0.15, -0.1) is 0 Å². The topological polar surface area (TPSA) is 40.6 Å². The summed E-state index contributed by atoms with van der Waals surface area (Å²) in [6.45, 7) is 0.543. The van der Waals surface area contributed by atoms with Crippen LogP contribution in [0.2, 0.25) is 0 Å². The molecular formula is C25H18F2N2O2. The summed E-state index contributed by atoms with van der Waals surface area (Å²) >= 11 is 0. The van der Waals surface area contributed by atoms with E-state index in [9.17, 15) is 18.4 Å². The Morgan fingerprint density at radius 3 is 2.16 bits per heavy atom. The first kappa shape index (κ1) is 19.2. The molecule has 2 aliphatic rings. The van der Waals surface area contributed by atoms with E-state index in [-0.39, 0.29) is 17.0 Å². The lowest BCUT2D eigenvalue weighted by molar-refractivity contribution is -0.120. The molecule has 2 heterocycles. The van der Waals surface area contributed by atoms with E-state index in [2.05, 4.69) is 0 Å². The van der Waals surface area contributed by atoms with Crippen LogP contribution in [0.3, 0.4) is 0 Å². The van der Waals surface area contributed by atoms with Crippen LogP contribution in [0.25, 0.3) is 5.57 Å². The number of carbonyl (C=O) groups is 2. The molecule has 0 saturated carbocycles. The Morgan fingerprint density at radius 1 is 0.742 bits per heavy atom. The van der Waals surface area contributed by atoms with Gasteiger partial charge in [0.05, 0.1) is 11.3 Å². The predicted octanol–water partition coefficient (Wildman–Crippen LogP) is 4.70.